The number of hydrogen-bond donors (Lipinski definition) is 3. The lowest BCUT2D eigenvalue weighted by Gasteiger charge is -2.34. The second-order valence-corrected chi connectivity index (χ2v) is 10.1. The van der Waals surface area contributed by atoms with Crippen LogP contribution in [0.4, 0.5) is 15.9 Å². The average molecular weight is 519 g/mol. The summed E-state index contributed by atoms with van der Waals surface area (Å²) in [6, 6.07) is 7.55. The van der Waals surface area contributed by atoms with Crippen molar-refractivity contribution in [1.29, 1.82) is 0 Å². The van der Waals surface area contributed by atoms with Gasteiger partial charge in [0.25, 0.3) is 5.91 Å². The summed E-state index contributed by atoms with van der Waals surface area (Å²) >= 11 is 0. The molecule has 0 saturated carbocycles. The van der Waals surface area contributed by atoms with Crippen LogP contribution in [0.3, 0.4) is 0 Å². The molecule has 198 valence electrons. The number of hydrogen-bond acceptors (Lipinski definition) is 6. The Balaban J connectivity index is 1.45. The molecule has 3 aromatic rings. The van der Waals surface area contributed by atoms with Gasteiger partial charge in [0.15, 0.2) is 5.67 Å². The van der Waals surface area contributed by atoms with Crippen LogP contribution in [-0.4, -0.2) is 51.8 Å². The number of carbonyl (C=O) groups excluding carboxylic acids is 2. The van der Waals surface area contributed by atoms with E-state index in [2.05, 4.69) is 33.3 Å². The second-order valence-electron chi connectivity index (χ2n) is 10.1. The molecule has 2 amide bonds. The molecule has 5 rings (SSSR count). The molecular formula is C28H31FN6O3. The number of amides is 2. The van der Waals surface area contributed by atoms with Crippen molar-refractivity contribution < 1.29 is 18.7 Å². The number of fused-ring (bicyclic) bond motifs is 1. The van der Waals surface area contributed by atoms with Crippen LogP contribution in [0.5, 0.6) is 0 Å². The topological polar surface area (TPSA) is 124 Å². The van der Waals surface area contributed by atoms with Gasteiger partial charge in [0.1, 0.15) is 17.8 Å². The summed E-state index contributed by atoms with van der Waals surface area (Å²) in [6.45, 7) is 5.36. The molecule has 9 nitrogen and oxygen atoms in total. The lowest BCUT2D eigenvalue weighted by Crippen LogP contribution is -2.54. The number of nitrogen functional groups attached to an aromatic ring is 1. The fraction of sp³-hybridized carbons (Fsp3) is 0.357. The Hall–Kier alpha value is -4.05. The summed E-state index contributed by atoms with van der Waals surface area (Å²) < 4.78 is 21.1. The zero-order chi connectivity index (χ0) is 27.0. The van der Waals surface area contributed by atoms with Crippen molar-refractivity contribution in [3.05, 3.63) is 54.4 Å². The normalized spacial score (nSPS) is 18.4. The number of benzene rings is 1. The molecule has 10 heteroatoms. The Morgan fingerprint density at radius 3 is 2.61 bits per heavy atom. The number of nitrogens with two attached hydrogens (primary N) is 1. The molecule has 1 fully saturated rings. The van der Waals surface area contributed by atoms with Crippen LogP contribution in [0.15, 0.2) is 48.8 Å². The van der Waals surface area contributed by atoms with Gasteiger partial charge in [-0.2, -0.15) is 0 Å². The van der Waals surface area contributed by atoms with E-state index in [-0.39, 0.29) is 37.5 Å². The molecule has 2 aromatic heterocycles. The van der Waals surface area contributed by atoms with Crippen LogP contribution in [-0.2, 0) is 21.4 Å². The van der Waals surface area contributed by atoms with E-state index < -0.39 is 5.67 Å². The number of anilines is 2. The maximum atomic E-state index is 14.2. The highest BCUT2D eigenvalue weighted by Crippen LogP contribution is 2.43. The van der Waals surface area contributed by atoms with Crippen molar-refractivity contribution in [1.82, 2.24) is 19.9 Å². The Morgan fingerprint density at radius 1 is 1.26 bits per heavy atom. The molecule has 3 heterocycles. The first kappa shape index (κ1) is 25.6. The van der Waals surface area contributed by atoms with E-state index in [0.29, 0.717) is 42.0 Å². The van der Waals surface area contributed by atoms with Crippen molar-refractivity contribution in [3.63, 3.8) is 0 Å². The molecule has 2 aliphatic rings. The van der Waals surface area contributed by atoms with Gasteiger partial charge in [-0.25, -0.2) is 14.4 Å². The van der Waals surface area contributed by atoms with Gasteiger partial charge >= 0.3 is 0 Å². The number of allylic oxidation sites excluding steroid dienone is 2. The van der Waals surface area contributed by atoms with E-state index in [0.717, 1.165) is 27.8 Å². The van der Waals surface area contributed by atoms with Gasteiger partial charge in [0, 0.05) is 29.8 Å². The predicted molar refractivity (Wildman–Crippen MR) is 145 cm³/mol. The maximum absolute atomic E-state index is 14.2. The molecule has 1 saturated heterocycles. The fourth-order valence-corrected chi connectivity index (χ4v) is 4.99. The predicted octanol–water partition coefficient (Wildman–Crippen LogP) is 3.77. The third-order valence-electron chi connectivity index (χ3n) is 7.20. The number of alkyl halides is 1. The van der Waals surface area contributed by atoms with E-state index in [1.165, 1.54) is 6.33 Å². The van der Waals surface area contributed by atoms with Crippen LogP contribution in [0.2, 0.25) is 0 Å². The van der Waals surface area contributed by atoms with E-state index >= 15 is 0 Å². The minimum Gasteiger partial charge on any atom is -0.383 e. The zero-order valence-corrected chi connectivity index (χ0v) is 21.5. The van der Waals surface area contributed by atoms with Crippen molar-refractivity contribution in [2.75, 3.05) is 30.8 Å². The third-order valence-corrected chi connectivity index (χ3v) is 7.20. The quantitative estimate of drug-likeness (QED) is 0.409. The summed E-state index contributed by atoms with van der Waals surface area (Å²) in [5, 5.41) is 6.34. The molecule has 0 unspecified atom stereocenters. The number of halogens is 1. The van der Waals surface area contributed by atoms with Gasteiger partial charge in [0.05, 0.1) is 30.8 Å². The molecule has 4 N–H and O–H groups in total. The number of aromatic nitrogens is 3. The fourth-order valence-electron chi connectivity index (χ4n) is 4.99. The van der Waals surface area contributed by atoms with Crippen molar-refractivity contribution in [2.24, 2.45) is 13.0 Å². The molecule has 1 aliphatic carbocycles. The summed E-state index contributed by atoms with van der Waals surface area (Å²) in [7, 11) is 1.93. The van der Waals surface area contributed by atoms with E-state index in [9.17, 15) is 14.0 Å². The Kier molecular flexibility index (Phi) is 6.75. The molecular weight excluding hydrogens is 487 g/mol. The van der Waals surface area contributed by atoms with Gasteiger partial charge in [-0.15, -0.1) is 0 Å². The first-order chi connectivity index (χ1) is 18.2. The monoisotopic (exact) mass is 518 g/mol. The number of carbonyl (C=O) groups is 2. The highest BCUT2D eigenvalue weighted by atomic mass is 19.1. The van der Waals surface area contributed by atoms with Crippen LogP contribution in [0.25, 0.3) is 27.9 Å². The third kappa shape index (κ3) is 4.79. The SMILES string of the molecule is C=C(C)C(=O)Nc1ccc(-c2c(C3=CC[C@H](C(=O)NCC4(F)COC4)CC3)c3c(N)ncnc3n2C)cc1. The molecule has 0 radical (unpaired) electrons. The molecule has 1 atom stereocenters. The lowest BCUT2D eigenvalue weighted by atomic mass is 9.84. The lowest BCUT2D eigenvalue weighted by molar-refractivity contribution is -0.138. The highest BCUT2D eigenvalue weighted by molar-refractivity contribution is 6.05. The van der Waals surface area contributed by atoms with E-state index in [1.54, 1.807) is 6.92 Å². The Bertz CT molecular complexity index is 1460. The maximum Gasteiger partial charge on any atom is 0.250 e. The standard InChI is InChI=1S/C28H31FN6O3/c1-16(2)26(36)34-20-10-8-18(9-11-20)23-21(22-24(30)32-15-33-25(22)35(23)3)17-4-6-19(7-5-17)27(37)31-12-28(29)13-38-14-28/h4,8-11,15,19H,1,5-7,12-14H2,2-3H3,(H,31,37)(H,34,36)(H2,30,32,33)/t19-/m0/s1. The van der Waals surface area contributed by atoms with Crippen molar-refractivity contribution >= 4 is 39.9 Å². The van der Waals surface area contributed by atoms with Crippen molar-refractivity contribution in [2.45, 2.75) is 31.9 Å². The van der Waals surface area contributed by atoms with Gasteiger partial charge in [-0.1, -0.05) is 24.8 Å². The van der Waals surface area contributed by atoms with Gasteiger partial charge in [-0.3, -0.25) is 9.59 Å². The summed E-state index contributed by atoms with van der Waals surface area (Å²) in [4.78, 5) is 33.5. The number of aryl methyl sites for hydroxylation is 1. The average Bonchev–Trinajstić information content (AvgIpc) is 3.20. The molecule has 38 heavy (non-hydrogen) atoms. The van der Waals surface area contributed by atoms with E-state index in [4.69, 9.17) is 10.5 Å². The summed E-state index contributed by atoms with van der Waals surface area (Å²) in [6.07, 6.45) is 5.32. The smallest absolute Gasteiger partial charge is 0.250 e. The summed E-state index contributed by atoms with van der Waals surface area (Å²) in [5.41, 5.74) is 10.5. The minimum absolute atomic E-state index is 0.0244. The van der Waals surface area contributed by atoms with Gasteiger partial charge in [-0.05, 0) is 49.5 Å². The first-order valence-corrected chi connectivity index (χ1v) is 12.6. The molecule has 1 aliphatic heterocycles. The summed E-state index contributed by atoms with van der Waals surface area (Å²) in [5.74, 6) is -0.224. The van der Waals surface area contributed by atoms with Crippen LogP contribution in [0.1, 0.15) is 31.7 Å². The molecule has 0 bridgehead atoms. The van der Waals surface area contributed by atoms with Gasteiger partial charge < -0.3 is 25.7 Å². The van der Waals surface area contributed by atoms with E-state index in [1.807, 2.05) is 35.9 Å². The molecule has 1 aromatic carbocycles. The zero-order valence-electron chi connectivity index (χ0n) is 21.5. The Labute approximate surface area is 220 Å². The number of nitrogens with zero attached hydrogens (tertiary/aromatic N) is 3. The van der Waals surface area contributed by atoms with Crippen molar-refractivity contribution in [3.8, 4) is 11.3 Å². The highest BCUT2D eigenvalue weighted by Gasteiger charge is 2.39. The first-order valence-electron chi connectivity index (χ1n) is 12.6. The minimum atomic E-state index is -1.45. The van der Waals surface area contributed by atoms with Crippen LogP contribution in [0, 0.1) is 5.92 Å². The molecule has 0 spiro atoms. The second kappa shape index (κ2) is 10.0. The van der Waals surface area contributed by atoms with Crippen LogP contribution >= 0.6 is 0 Å². The Morgan fingerprint density at radius 2 is 2.00 bits per heavy atom. The van der Waals surface area contributed by atoms with Gasteiger partial charge in [0.2, 0.25) is 5.91 Å². The number of nitrogens with one attached hydrogen (secondary N) is 2. The number of ether oxygens (including phenoxy) is 1. The number of rotatable bonds is 7. The largest absolute Gasteiger partial charge is 0.383 e. The van der Waals surface area contributed by atoms with Crippen LogP contribution < -0.4 is 16.4 Å².